The normalized spacial score (nSPS) is 24.2. The highest BCUT2D eigenvalue weighted by Crippen LogP contribution is 2.24. The first-order chi connectivity index (χ1) is 8.16. The number of aliphatic hydroxyl groups excluding tert-OH is 1. The summed E-state index contributed by atoms with van der Waals surface area (Å²) in [7, 11) is 0. The molecule has 2 atom stereocenters. The number of benzene rings is 1. The predicted octanol–water partition coefficient (Wildman–Crippen LogP) is 2.84. The summed E-state index contributed by atoms with van der Waals surface area (Å²) in [4.78, 5) is 0. The minimum absolute atomic E-state index is 0.185. The molecule has 2 unspecified atom stereocenters. The van der Waals surface area contributed by atoms with E-state index in [9.17, 15) is 9.50 Å². The summed E-state index contributed by atoms with van der Waals surface area (Å²) in [5.41, 5.74) is 0.659. The van der Waals surface area contributed by atoms with Crippen LogP contribution in [0.3, 0.4) is 0 Å². The van der Waals surface area contributed by atoms with E-state index in [1.54, 1.807) is 12.1 Å². The molecule has 0 aromatic heterocycles. The second kappa shape index (κ2) is 5.94. The molecule has 2 rings (SSSR count). The van der Waals surface area contributed by atoms with E-state index in [0.29, 0.717) is 18.0 Å². The molecule has 0 bridgehead atoms. The largest absolute Gasteiger partial charge is 0.393 e. The van der Waals surface area contributed by atoms with Crippen molar-refractivity contribution in [1.82, 2.24) is 5.32 Å². The molecular formula is C13H17BrFNO. The van der Waals surface area contributed by atoms with Gasteiger partial charge >= 0.3 is 0 Å². The SMILES string of the molecule is OC1CCCC1CNCc1cc(Br)ccc1F. The first-order valence-electron chi connectivity index (χ1n) is 5.99. The van der Waals surface area contributed by atoms with Gasteiger partial charge in [-0.3, -0.25) is 0 Å². The van der Waals surface area contributed by atoms with E-state index < -0.39 is 0 Å². The second-order valence-corrected chi connectivity index (χ2v) is 5.54. The minimum atomic E-state index is -0.187. The van der Waals surface area contributed by atoms with E-state index in [4.69, 9.17) is 0 Å². The van der Waals surface area contributed by atoms with Crippen molar-refractivity contribution in [3.63, 3.8) is 0 Å². The van der Waals surface area contributed by atoms with Gasteiger partial charge in [-0.2, -0.15) is 0 Å². The second-order valence-electron chi connectivity index (χ2n) is 4.62. The van der Waals surface area contributed by atoms with Crippen molar-refractivity contribution in [3.05, 3.63) is 34.1 Å². The molecule has 0 spiro atoms. The summed E-state index contributed by atoms with van der Waals surface area (Å²) in [6, 6.07) is 4.94. The lowest BCUT2D eigenvalue weighted by Gasteiger charge is -2.15. The van der Waals surface area contributed by atoms with Crippen LogP contribution in [0.5, 0.6) is 0 Å². The van der Waals surface area contributed by atoms with Gasteiger partial charge in [0.1, 0.15) is 5.82 Å². The van der Waals surface area contributed by atoms with Crippen LogP contribution in [-0.2, 0) is 6.54 Å². The fourth-order valence-electron chi connectivity index (χ4n) is 2.33. The summed E-state index contributed by atoms with van der Waals surface area (Å²) in [6.07, 6.45) is 2.88. The van der Waals surface area contributed by atoms with Crippen molar-refractivity contribution in [3.8, 4) is 0 Å². The maximum Gasteiger partial charge on any atom is 0.127 e. The zero-order chi connectivity index (χ0) is 12.3. The lowest BCUT2D eigenvalue weighted by atomic mass is 10.1. The maximum absolute atomic E-state index is 13.4. The lowest BCUT2D eigenvalue weighted by molar-refractivity contribution is 0.131. The van der Waals surface area contributed by atoms with Crippen LogP contribution in [0.1, 0.15) is 24.8 Å². The third-order valence-electron chi connectivity index (χ3n) is 3.35. The number of rotatable bonds is 4. The molecule has 4 heteroatoms. The van der Waals surface area contributed by atoms with Crippen LogP contribution in [0.25, 0.3) is 0 Å². The Morgan fingerprint density at radius 1 is 1.41 bits per heavy atom. The molecule has 1 aliphatic carbocycles. The van der Waals surface area contributed by atoms with Crippen LogP contribution in [0.2, 0.25) is 0 Å². The Bertz CT molecular complexity index is 386. The van der Waals surface area contributed by atoms with Gasteiger partial charge in [0.25, 0.3) is 0 Å². The lowest BCUT2D eigenvalue weighted by Crippen LogP contribution is -2.27. The number of aliphatic hydroxyl groups is 1. The van der Waals surface area contributed by atoms with Crippen molar-refractivity contribution in [1.29, 1.82) is 0 Å². The van der Waals surface area contributed by atoms with Crippen LogP contribution in [-0.4, -0.2) is 17.8 Å². The van der Waals surface area contributed by atoms with Gasteiger partial charge in [0.05, 0.1) is 6.10 Å². The molecule has 17 heavy (non-hydrogen) atoms. The Labute approximate surface area is 109 Å². The summed E-state index contributed by atoms with van der Waals surface area (Å²) >= 11 is 3.33. The van der Waals surface area contributed by atoms with Crippen molar-refractivity contribution in [2.45, 2.75) is 31.9 Å². The number of nitrogens with one attached hydrogen (secondary N) is 1. The molecule has 1 saturated carbocycles. The zero-order valence-electron chi connectivity index (χ0n) is 9.63. The summed E-state index contributed by atoms with van der Waals surface area (Å²) in [6.45, 7) is 1.27. The molecule has 0 aliphatic heterocycles. The average Bonchev–Trinajstić information content (AvgIpc) is 2.70. The topological polar surface area (TPSA) is 32.3 Å². The van der Waals surface area contributed by atoms with Crippen LogP contribution in [0.15, 0.2) is 22.7 Å². The van der Waals surface area contributed by atoms with Crippen LogP contribution in [0.4, 0.5) is 4.39 Å². The maximum atomic E-state index is 13.4. The fraction of sp³-hybridized carbons (Fsp3) is 0.538. The van der Waals surface area contributed by atoms with Gasteiger partial charge in [0.15, 0.2) is 0 Å². The van der Waals surface area contributed by atoms with Crippen molar-refractivity contribution in [2.24, 2.45) is 5.92 Å². The average molecular weight is 302 g/mol. The van der Waals surface area contributed by atoms with E-state index in [1.807, 2.05) is 0 Å². The van der Waals surface area contributed by atoms with E-state index in [-0.39, 0.29) is 11.9 Å². The molecule has 0 heterocycles. The Hall–Kier alpha value is -0.450. The van der Waals surface area contributed by atoms with Gasteiger partial charge in [0, 0.05) is 23.1 Å². The third-order valence-corrected chi connectivity index (χ3v) is 3.84. The Kier molecular flexibility index (Phi) is 4.54. The monoisotopic (exact) mass is 301 g/mol. The molecule has 0 radical (unpaired) electrons. The van der Waals surface area contributed by atoms with Gasteiger partial charge < -0.3 is 10.4 Å². The number of halogens is 2. The Morgan fingerprint density at radius 3 is 2.94 bits per heavy atom. The van der Waals surface area contributed by atoms with E-state index in [0.717, 1.165) is 30.3 Å². The molecule has 94 valence electrons. The van der Waals surface area contributed by atoms with Crippen molar-refractivity contribution in [2.75, 3.05) is 6.54 Å². The Morgan fingerprint density at radius 2 is 2.24 bits per heavy atom. The molecule has 2 N–H and O–H groups in total. The summed E-state index contributed by atoms with van der Waals surface area (Å²) in [5, 5.41) is 12.9. The van der Waals surface area contributed by atoms with Gasteiger partial charge in [-0.1, -0.05) is 22.4 Å². The third kappa shape index (κ3) is 3.50. The highest BCUT2D eigenvalue weighted by atomic mass is 79.9. The fourth-order valence-corrected chi connectivity index (χ4v) is 2.73. The van der Waals surface area contributed by atoms with E-state index in [2.05, 4.69) is 21.2 Å². The molecule has 1 aromatic carbocycles. The summed E-state index contributed by atoms with van der Waals surface area (Å²) in [5.74, 6) is 0.137. The standard InChI is InChI=1S/C13H17BrFNO/c14-11-4-5-12(15)10(6-11)8-16-7-9-2-1-3-13(9)17/h4-6,9,13,16-17H,1-3,7-8H2. The van der Waals surface area contributed by atoms with E-state index >= 15 is 0 Å². The molecular weight excluding hydrogens is 285 g/mol. The van der Waals surface area contributed by atoms with Gasteiger partial charge in [-0.05, 0) is 37.0 Å². The quantitative estimate of drug-likeness (QED) is 0.896. The number of hydrogen-bond acceptors (Lipinski definition) is 2. The van der Waals surface area contributed by atoms with Gasteiger partial charge in [-0.25, -0.2) is 4.39 Å². The van der Waals surface area contributed by atoms with Gasteiger partial charge in [-0.15, -0.1) is 0 Å². The molecule has 0 saturated heterocycles. The first kappa shape index (κ1) is 13.0. The smallest absolute Gasteiger partial charge is 0.127 e. The molecule has 1 aliphatic rings. The summed E-state index contributed by atoms with van der Waals surface area (Å²) < 4.78 is 14.3. The van der Waals surface area contributed by atoms with Gasteiger partial charge in [0.2, 0.25) is 0 Å². The predicted molar refractivity (Wildman–Crippen MR) is 69.2 cm³/mol. The van der Waals surface area contributed by atoms with E-state index in [1.165, 1.54) is 6.07 Å². The molecule has 1 aromatic rings. The zero-order valence-corrected chi connectivity index (χ0v) is 11.2. The Balaban J connectivity index is 1.83. The van der Waals surface area contributed by atoms with Crippen LogP contribution >= 0.6 is 15.9 Å². The molecule has 2 nitrogen and oxygen atoms in total. The first-order valence-corrected chi connectivity index (χ1v) is 6.79. The molecule has 1 fully saturated rings. The minimum Gasteiger partial charge on any atom is -0.393 e. The highest BCUT2D eigenvalue weighted by molar-refractivity contribution is 9.10. The van der Waals surface area contributed by atoms with Crippen LogP contribution in [0, 0.1) is 11.7 Å². The van der Waals surface area contributed by atoms with Crippen molar-refractivity contribution >= 4 is 15.9 Å². The van der Waals surface area contributed by atoms with Crippen LogP contribution < -0.4 is 5.32 Å². The number of hydrogen-bond donors (Lipinski definition) is 2. The highest BCUT2D eigenvalue weighted by Gasteiger charge is 2.24. The molecule has 0 amide bonds. The van der Waals surface area contributed by atoms with Crippen molar-refractivity contribution < 1.29 is 9.50 Å².